The number of aromatic nitrogens is 3. The first-order valence-electron chi connectivity index (χ1n) is 12.7. The second-order valence-electron chi connectivity index (χ2n) is 9.55. The normalized spacial score (nSPS) is 14.9. The van der Waals surface area contributed by atoms with Crippen molar-refractivity contribution in [3.8, 4) is 5.75 Å². The molecule has 36 heavy (non-hydrogen) atoms. The Balaban J connectivity index is 1.48. The lowest BCUT2D eigenvalue weighted by molar-refractivity contribution is 0.0892. The van der Waals surface area contributed by atoms with Crippen molar-refractivity contribution in [2.45, 2.75) is 59.4 Å². The predicted octanol–water partition coefficient (Wildman–Crippen LogP) is 3.99. The van der Waals surface area contributed by atoms with Crippen molar-refractivity contribution in [1.29, 1.82) is 0 Å². The van der Waals surface area contributed by atoms with Crippen LogP contribution in [0, 0.1) is 5.92 Å². The van der Waals surface area contributed by atoms with Crippen molar-refractivity contribution >= 4 is 5.91 Å². The summed E-state index contributed by atoms with van der Waals surface area (Å²) in [6.07, 6.45) is 1.55. The van der Waals surface area contributed by atoms with E-state index in [4.69, 9.17) is 13.9 Å². The summed E-state index contributed by atoms with van der Waals surface area (Å²) in [5.74, 6) is 3.68. The third-order valence-corrected chi connectivity index (χ3v) is 6.31. The lowest BCUT2D eigenvalue weighted by Gasteiger charge is -2.22. The van der Waals surface area contributed by atoms with Gasteiger partial charge in [-0.3, -0.25) is 9.69 Å². The van der Waals surface area contributed by atoms with E-state index in [9.17, 15) is 4.79 Å². The number of nitrogens with zero attached hydrogens (tertiary/aromatic N) is 4. The number of carbonyl (C=O) groups is 1. The summed E-state index contributed by atoms with van der Waals surface area (Å²) in [5, 5.41) is 12.2. The highest BCUT2D eigenvalue weighted by Gasteiger charge is 2.27. The fourth-order valence-electron chi connectivity index (χ4n) is 4.63. The Morgan fingerprint density at radius 2 is 1.97 bits per heavy atom. The number of furan rings is 1. The Morgan fingerprint density at radius 1 is 1.14 bits per heavy atom. The van der Waals surface area contributed by atoms with E-state index in [1.165, 1.54) is 5.56 Å². The van der Waals surface area contributed by atoms with Gasteiger partial charge in [-0.15, -0.1) is 10.2 Å². The first kappa shape index (κ1) is 25.9. The van der Waals surface area contributed by atoms with Crippen molar-refractivity contribution in [3.05, 3.63) is 65.1 Å². The molecule has 1 atom stereocenters. The van der Waals surface area contributed by atoms with Crippen LogP contribution in [0.4, 0.5) is 0 Å². The molecule has 9 heteroatoms. The molecule has 0 fully saturated rings. The van der Waals surface area contributed by atoms with E-state index in [2.05, 4.69) is 51.0 Å². The van der Waals surface area contributed by atoms with Crippen molar-refractivity contribution < 1.29 is 18.7 Å². The molecule has 1 aromatic carbocycles. The molecular formula is C27H37N5O4. The third-order valence-electron chi connectivity index (χ3n) is 6.31. The van der Waals surface area contributed by atoms with Crippen LogP contribution < -0.4 is 10.1 Å². The second kappa shape index (κ2) is 12.2. The summed E-state index contributed by atoms with van der Waals surface area (Å²) in [6.45, 7) is 10.6. The minimum atomic E-state index is -0.264. The predicted molar refractivity (Wildman–Crippen MR) is 136 cm³/mol. The fraction of sp³-hybridized carbons (Fsp3) is 0.519. The lowest BCUT2D eigenvalue weighted by atomic mass is 10.0. The number of benzene rings is 1. The zero-order valence-electron chi connectivity index (χ0n) is 21.7. The molecule has 3 aromatic rings. The molecule has 4 rings (SSSR count). The van der Waals surface area contributed by atoms with Gasteiger partial charge in [0.2, 0.25) is 0 Å². The number of para-hydroxylation sites is 1. The van der Waals surface area contributed by atoms with Crippen LogP contribution in [0.1, 0.15) is 66.8 Å². The number of methoxy groups -OCH3 is 1. The smallest absolute Gasteiger partial charge is 0.287 e. The summed E-state index contributed by atoms with van der Waals surface area (Å²) >= 11 is 0. The summed E-state index contributed by atoms with van der Waals surface area (Å²) < 4.78 is 18.7. The Kier molecular flexibility index (Phi) is 8.77. The maximum atomic E-state index is 13.0. The molecule has 1 N–H and O–H groups in total. The van der Waals surface area contributed by atoms with Gasteiger partial charge in [0.1, 0.15) is 23.9 Å². The van der Waals surface area contributed by atoms with Gasteiger partial charge in [0.25, 0.3) is 5.91 Å². The minimum absolute atomic E-state index is 0.261. The maximum absolute atomic E-state index is 13.0. The van der Waals surface area contributed by atoms with E-state index in [-0.39, 0.29) is 17.7 Å². The molecule has 1 aliphatic heterocycles. The van der Waals surface area contributed by atoms with Gasteiger partial charge in [0.15, 0.2) is 11.6 Å². The largest absolute Gasteiger partial charge is 0.494 e. The first-order chi connectivity index (χ1) is 17.5. The van der Waals surface area contributed by atoms with Gasteiger partial charge in [0.05, 0.1) is 12.6 Å². The SMILES string of the molecule is CCOc1ccccc1CN1CCc2nnc(C(CC(C)C)NC(=O)c3ccc(COC)o3)n2CC1. The number of hydrogen-bond donors (Lipinski definition) is 1. The Bertz CT molecular complexity index is 1140. The fourth-order valence-corrected chi connectivity index (χ4v) is 4.63. The third kappa shape index (κ3) is 6.33. The van der Waals surface area contributed by atoms with Crippen LogP contribution in [0.25, 0.3) is 0 Å². The van der Waals surface area contributed by atoms with Crippen LogP contribution in [0.2, 0.25) is 0 Å². The van der Waals surface area contributed by atoms with Gasteiger partial charge in [-0.1, -0.05) is 32.0 Å². The standard InChI is InChI=1S/C27H37N5O4/c1-5-35-23-9-7-6-8-20(23)17-31-13-12-25-29-30-26(32(25)15-14-31)22(16-19(2)3)28-27(33)24-11-10-21(36-24)18-34-4/h6-11,19,22H,5,12-18H2,1-4H3,(H,28,33). The number of fused-ring (bicyclic) bond motifs is 1. The number of rotatable bonds is 11. The molecule has 0 spiro atoms. The molecule has 1 unspecified atom stereocenters. The number of hydrogen-bond acceptors (Lipinski definition) is 7. The highest BCUT2D eigenvalue weighted by atomic mass is 16.5. The molecule has 1 amide bonds. The molecule has 0 saturated carbocycles. The molecule has 0 radical (unpaired) electrons. The van der Waals surface area contributed by atoms with Crippen LogP contribution in [0.3, 0.4) is 0 Å². The summed E-state index contributed by atoms with van der Waals surface area (Å²) in [5.41, 5.74) is 1.19. The van der Waals surface area contributed by atoms with Crippen LogP contribution in [-0.2, 0) is 30.9 Å². The van der Waals surface area contributed by atoms with E-state index >= 15 is 0 Å². The Labute approximate surface area is 212 Å². The summed E-state index contributed by atoms with van der Waals surface area (Å²) in [7, 11) is 1.59. The average molecular weight is 496 g/mol. The van der Waals surface area contributed by atoms with E-state index in [0.717, 1.165) is 56.4 Å². The average Bonchev–Trinajstić information content (AvgIpc) is 3.44. The number of carbonyl (C=O) groups excluding carboxylic acids is 1. The van der Waals surface area contributed by atoms with Crippen LogP contribution in [0.15, 0.2) is 40.8 Å². The van der Waals surface area contributed by atoms with Crippen molar-refractivity contribution in [2.24, 2.45) is 5.92 Å². The monoisotopic (exact) mass is 495 g/mol. The quantitative estimate of drug-likeness (QED) is 0.430. The molecule has 9 nitrogen and oxygen atoms in total. The van der Waals surface area contributed by atoms with E-state index in [0.29, 0.717) is 24.9 Å². The Morgan fingerprint density at radius 3 is 2.75 bits per heavy atom. The Hall–Kier alpha value is -3.17. The molecule has 0 aliphatic carbocycles. The van der Waals surface area contributed by atoms with Crippen molar-refractivity contribution in [1.82, 2.24) is 25.0 Å². The van der Waals surface area contributed by atoms with Gasteiger partial charge in [-0.2, -0.15) is 0 Å². The molecule has 3 heterocycles. The van der Waals surface area contributed by atoms with E-state index < -0.39 is 0 Å². The van der Waals surface area contributed by atoms with E-state index in [1.54, 1.807) is 19.2 Å². The maximum Gasteiger partial charge on any atom is 0.287 e. The molecule has 0 bridgehead atoms. The second-order valence-corrected chi connectivity index (χ2v) is 9.55. The highest BCUT2D eigenvalue weighted by Crippen LogP contribution is 2.25. The van der Waals surface area contributed by atoms with Gasteiger partial charge in [-0.25, -0.2) is 0 Å². The van der Waals surface area contributed by atoms with Crippen molar-refractivity contribution in [3.63, 3.8) is 0 Å². The molecule has 1 aliphatic rings. The van der Waals surface area contributed by atoms with Gasteiger partial charge < -0.3 is 23.8 Å². The minimum Gasteiger partial charge on any atom is -0.494 e. The number of ether oxygens (including phenoxy) is 2. The molecular weight excluding hydrogens is 458 g/mol. The van der Waals surface area contributed by atoms with Gasteiger partial charge >= 0.3 is 0 Å². The molecule has 2 aromatic heterocycles. The highest BCUT2D eigenvalue weighted by molar-refractivity contribution is 5.91. The molecule has 194 valence electrons. The lowest BCUT2D eigenvalue weighted by Crippen LogP contribution is -2.32. The summed E-state index contributed by atoms with van der Waals surface area (Å²) in [6, 6.07) is 11.4. The van der Waals surface area contributed by atoms with Gasteiger partial charge in [0, 0.05) is 45.3 Å². The molecule has 0 saturated heterocycles. The summed E-state index contributed by atoms with van der Waals surface area (Å²) in [4.78, 5) is 15.4. The van der Waals surface area contributed by atoms with Crippen molar-refractivity contribution in [2.75, 3.05) is 26.8 Å². The number of amides is 1. The topological polar surface area (TPSA) is 94.7 Å². The zero-order valence-corrected chi connectivity index (χ0v) is 21.7. The zero-order chi connectivity index (χ0) is 25.5. The number of nitrogens with one attached hydrogen (secondary N) is 1. The van der Waals surface area contributed by atoms with E-state index in [1.807, 2.05) is 19.1 Å². The first-order valence-corrected chi connectivity index (χ1v) is 12.7. The van der Waals surface area contributed by atoms with Crippen LogP contribution in [-0.4, -0.2) is 52.4 Å². The van der Waals surface area contributed by atoms with Gasteiger partial charge in [-0.05, 0) is 37.5 Å². The van der Waals surface area contributed by atoms with Crippen LogP contribution in [0.5, 0.6) is 5.75 Å². The van der Waals surface area contributed by atoms with Crippen LogP contribution >= 0.6 is 0 Å².